The molecule has 1 aromatic heterocycles. The number of hydrogen-bond acceptors (Lipinski definition) is 8. The Hall–Kier alpha value is -3.28. The zero-order valence-corrected chi connectivity index (χ0v) is 24.9. The number of aromatic nitrogens is 1. The van der Waals surface area contributed by atoms with Gasteiger partial charge in [-0.25, -0.2) is 4.90 Å². The number of benzene rings is 2. The van der Waals surface area contributed by atoms with E-state index >= 15 is 0 Å². The fourth-order valence-electron chi connectivity index (χ4n) is 5.88. The Morgan fingerprint density at radius 1 is 0.951 bits per heavy atom. The largest absolute Gasteiger partial charge is 0.493 e. The molecule has 2 fully saturated rings. The van der Waals surface area contributed by atoms with E-state index in [0.717, 1.165) is 30.6 Å². The van der Waals surface area contributed by atoms with Crippen LogP contribution in [0.1, 0.15) is 35.6 Å². The third kappa shape index (κ3) is 4.83. The van der Waals surface area contributed by atoms with Gasteiger partial charge in [-0.1, -0.05) is 40.8 Å². The van der Waals surface area contributed by atoms with Gasteiger partial charge < -0.3 is 14.4 Å². The van der Waals surface area contributed by atoms with E-state index in [-0.39, 0.29) is 29.1 Å². The first-order valence-corrected chi connectivity index (χ1v) is 15.4. The molecule has 0 aliphatic carbocycles. The summed E-state index contributed by atoms with van der Waals surface area (Å²) in [5, 5.41) is 0.270. The molecule has 0 unspecified atom stereocenters. The smallest absolute Gasteiger partial charge is 0.308 e. The SMILES string of the molecule is COc1ccc([C@@H]2c3sc(=O)n(CC(=O)N4CCCCC4)c3S[C@@H]3C(=O)N(c4ccc(Cl)cc4)C(=O)[C@H]23)cc1OC. The molecule has 4 heterocycles. The van der Waals surface area contributed by atoms with E-state index in [4.69, 9.17) is 21.1 Å². The van der Waals surface area contributed by atoms with Gasteiger partial charge in [-0.2, -0.15) is 0 Å². The lowest BCUT2D eigenvalue weighted by Gasteiger charge is -2.31. The zero-order valence-electron chi connectivity index (χ0n) is 22.5. The number of methoxy groups -OCH3 is 2. The second-order valence-electron chi connectivity index (χ2n) is 10.2. The Labute approximate surface area is 250 Å². The van der Waals surface area contributed by atoms with E-state index in [1.165, 1.54) is 35.4 Å². The highest BCUT2D eigenvalue weighted by Crippen LogP contribution is 2.54. The highest BCUT2D eigenvalue weighted by molar-refractivity contribution is 8.00. The molecule has 3 aromatic rings. The van der Waals surface area contributed by atoms with Gasteiger partial charge in [0, 0.05) is 28.9 Å². The normalized spacial score (nSPS) is 22.0. The van der Waals surface area contributed by atoms with Crippen LogP contribution in [0.4, 0.5) is 5.69 Å². The fourth-order valence-corrected chi connectivity index (χ4v) is 8.78. The van der Waals surface area contributed by atoms with Crippen molar-refractivity contribution in [3.63, 3.8) is 0 Å². The van der Waals surface area contributed by atoms with Crippen LogP contribution in [0.25, 0.3) is 0 Å². The quantitative estimate of drug-likeness (QED) is 0.380. The van der Waals surface area contributed by atoms with E-state index < -0.39 is 17.1 Å². The molecule has 0 N–H and O–H groups in total. The van der Waals surface area contributed by atoms with Crippen molar-refractivity contribution < 1.29 is 23.9 Å². The molecule has 9 nitrogen and oxygen atoms in total. The van der Waals surface area contributed by atoms with Crippen LogP contribution in [-0.2, 0) is 20.9 Å². The van der Waals surface area contributed by atoms with E-state index in [1.807, 2.05) is 6.07 Å². The number of imide groups is 1. The number of anilines is 1. The molecule has 2 saturated heterocycles. The van der Waals surface area contributed by atoms with Crippen molar-refractivity contribution in [2.75, 3.05) is 32.2 Å². The van der Waals surface area contributed by atoms with E-state index in [0.29, 0.717) is 50.8 Å². The van der Waals surface area contributed by atoms with Crippen LogP contribution in [0.2, 0.25) is 5.02 Å². The predicted molar refractivity (Wildman–Crippen MR) is 157 cm³/mol. The van der Waals surface area contributed by atoms with Crippen molar-refractivity contribution in [1.82, 2.24) is 9.47 Å². The van der Waals surface area contributed by atoms with Crippen molar-refractivity contribution in [3.05, 3.63) is 67.6 Å². The third-order valence-corrected chi connectivity index (χ3v) is 10.8. The van der Waals surface area contributed by atoms with Gasteiger partial charge in [-0.3, -0.25) is 23.7 Å². The average Bonchev–Trinajstić information content (AvgIpc) is 3.43. The molecular formula is C29H28ClN3O6S2. The van der Waals surface area contributed by atoms with Gasteiger partial charge in [-0.15, -0.1) is 0 Å². The lowest BCUT2D eigenvalue weighted by Crippen LogP contribution is -2.39. The Morgan fingerprint density at radius 2 is 1.66 bits per heavy atom. The molecule has 3 amide bonds. The Bertz CT molecular complexity index is 1580. The molecule has 214 valence electrons. The van der Waals surface area contributed by atoms with Crippen LogP contribution < -0.4 is 19.2 Å². The minimum absolute atomic E-state index is 0.100. The topological polar surface area (TPSA) is 98.1 Å². The number of halogens is 1. The van der Waals surface area contributed by atoms with Crippen molar-refractivity contribution in [1.29, 1.82) is 0 Å². The minimum Gasteiger partial charge on any atom is -0.493 e. The Balaban J connectivity index is 1.46. The maximum Gasteiger partial charge on any atom is 0.308 e. The molecule has 2 aromatic carbocycles. The van der Waals surface area contributed by atoms with Gasteiger partial charge in [0.05, 0.1) is 30.9 Å². The first-order chi connectivity index (χ1) is 19.8. The number of carbonyl (C=O) groups is 3. The fraction of sp³-hybridized carbons (Fsp3) is 0.379. The standard InChI is InChI=1S/C29H28ClN3O6S2/c1-38-19-11-6-16(14-20(19)39-2)22-23-24(27(36)33(26(23)35)18-9-7-17(30)8-10-18)40-28-25(22)41-29(37)32(28)15-21(34)31-12-4-3-5-13-31/h6-11,14,22-24H,3-5,12-13,15H2,1-2H3/t22-,23+,24-/m0/s1. The summed E-state index contributed by atoms with van der Waals surface area (Å²) in [6.07, 6.45) is 2.97. The molecule has 6 rings (SSSR count). The van der Waals surface area contributed by atoms with Gasteiger partial charge in [-0.05, 0) is 61.2 Å². The number of ether oxygens (including phenoxy) is 2. The van der Waals surface area contributed by atoms with E-state index in [9.17, 15) is 19.2 Å². The lowest BCUT2D eigenvalue weighted by atomic mass is 9.83. The monoisotopic (exact) mass is 613 g/mol. The molecule has 0 radical (unpaired) electrons. The molecule has 0 saturated carbocycles. The van der Waals surface area contributed by atoms with Crippen LogP contribution in [0.3, 0.4) is 0 Å². The maximum absolute atomic E-state index is 14.0. The number of likely N-dealkylation sites (tertiary alicyclic amines) is 1. The molecule has 0 spiro atoms. The summed E-state index contributed by atoms with van der Waals surface area (Å²) in [6.45, 7) is 1.25. The first-order valence-electron chi connectivity index (χ1n) is 13.4. The predicted octanol–water partition coefficient (Wildman–Crippen LogP) is 4.39. The van der Waals surface area contributed by atoms with Crippen molar-refractivity contribution >= 4 is 58.1 Å². The number of piperidine rings is 1. The molecular weight excluding hydrogens is 586 g/mol. The van der Waals surface area contributed by atoms with Gasteiger partial charge in [0.25, 0.3) is 0 Å². The molecule has 0 bridgehead atoms. The number of thioether (sulfide) groups is 1. The number of rotatable bonds is 6. The number of nitrogens with zero attached hydrogens (tertiary/aromatic N) is 3. The molecule has 41 heavy (non-hydrogen) atoms. The number of hydrogen-bond donors (Lipinski definition) is 0. The Kier molecular flexibility index (Phi) is 7.60. The number of carbonyl (C=O) groups excluding carboxylic acids is 3. The van der Waals surface area contributed by atoms with Gasteiger partial charge in [0.15, 0.2) is 11.5 Å². The summed E-state index contributed by atoms with van der Waals surface area (Å²) >= 11 is 8.30. The molecule has 3 aliphatic rings. The van der Waals surface area contributed by atoms with Gasteiger partial charge >= 0.3 is 4.87 Å². The number of amides is 3. The van der Waals surface area contributed by atoms with Crippen molar-refractivity contribution in [3.8, 4) is 11.5 Å². The number of thiazole rings is 1. The number of fused-ring (bicyclic) bond motifs is 2. The summed E-state index contributed by atoms with van der Waals surface area (Å²) in [5.41, 5.74) is 1.15. The summed E-state index contributed by atoms with van der Waals surface area (Å²) in [4.78, 5) is 57.9. The van der Waals surface area contributed by atoms with Crippen LogP contribution in [-0.4, -0.2) is 59.7 Å². The summed E-state index contributed by atoms with van der Waals surface area (Å²) < 4.78 is 12.4. The zero-order chi connectivity index (χ0) is 28.8. The van der Waals surface area contributed by atoms with E-state index in [1.54, 1.807) is 41.3 Å². The van der Waals surface area contributed by atoms with Crippen molar-refractivity contribution in [2.45, 2.75) is 42.0 Å². The van der Waals surface area contributed by atoms with Gasteiger partial charge in [0.2, 0.25) is 17.7 Å². The van der Waals surface area contributed by atoms with Crippen LogP contribution >= 0.6 is 34.7 Å². The third-order valence-electron chi connectivity index (χ3n) is 7.90. The lowest BCUT2D eigenvalue weighted by molar-refractivity contribution is -0.133. The van der Waals surface area contributed by atoms with Crippen LogP contribution in [0.5, 0.6) is 11.5 Å². The summed E-state index contributed by atoms with van der Waals surface area (Å²) in [7, 11) is 3.07. The van der Waals surface area contributed by atoms with Crippen molar-refractivity contribution in [2.24, 2.45) is 5.92 Å². The van der Waals surface area contributed by atoms with Crippen LogP contribution in [0.15, 0.2) is 52.3 Å². The average molecular weight is 614 g/mol. The first kappa shape index (κ1) is 27.9. The second kappa shape index (κ2) is 11.2. The van der Waals surface area contributed by atoms with E-state index in [2.05, 4.69) is 0 Å². The second-order valence-corrected chi connectivity index (χ2v) is 12.8. The highest BCUT2D eigenvalue weighted by atomic mass is 35.5. The summed E-state index contributed by atoms with van der Waals surface area (Å²) in [6, 6.07) is 11.9. The molecule has 12 heteroatoms. The highest BCUT2D eigenvalue weighted by Gasteiger charge is 2.57. The Morgan fingerprint density at radius 3 is 2.34 bits per heavy atom. The minimum atomic E-state index is -0.783. The maximum atomic E-state index is 14.0. The van der Waals surface area contributed by atoms with Gasteiger partial charge in [0.1, 0.15) is 11.8 Å². The molecule has 3 aliphatic heterocycles. The van der Waals surface area contributed by atoms with Crippen LogP contribution in [0, 0.1) is 5.92 Å². The summed E-state index contributed by atoms with van der Waals surface area (Å²) in [5.74, 6) is -1.21. The molecule has 3 atom stereocenters.